The Bertz CT molecular complexity index is 265. The quantitative estimate of drug-likeness (QED) is 0.182. The molecule has 0 aliphatic carbocycles. The average Bonchev–Trinajstić information content (AvgIpc) is 2.42. The molecule has 0 aromatic carbocycles. The van der Waals surface area contributed by atoms with Crippen LogP contribution in [0.15, 0.2) is 12.7 Å². The van der Waals surface area contributed by atoms with Gasteiger partial charge in [0.15, 0.2) is 8.32 Å². The fraction of sp³-hybridized carbons (Fsp3) is 0.900. The largest absolute Gasteiger partial charge is 0.417 e. The van der Waals surface area contributed by atoms with Crippen molar-refractivity contribution in [2.24, 2.45) is 0 Å². The van der Waals surface area contributed by atoms with E-state index in [1.807, 2.05) is 6.08 Å². The maximum absolute atomic E-state index is 6.22. The van der Waals surface area contributed by atoms with Crippen LogP contribution in [0.1, 0.15) is 91.4 Å². The van der Waals surface area contributed by atoms with Crippen LogP contribution in [-0.4, -0.2) is 14.9 Å². The normalized spacial score (nSPS) is 12.6. The van der Waals surface area contributed by atoms with Gasteiger partial charge in [0.25, 0.3) is 0 Å². The third-order valence-corrected chi connectivity index (χ3v) is 9.61. The maximum Gasteiger partial charge on any atom is 0.191 e. The lowest BCUT2D eigenvalue weighted by Crippen LogP contribution is -2.40. The first-order valence-electron chi connectivity index (χ1n) is 9.56. The van der Waals surface area contributed by atoms with E-state index in [1.54, 1.807) is 0 Å². The molecule has 0 heterocycles. The van der Waals surface area contributed by atoms with E-state index in [1.165, 1.54) is 70.6 Å². The Hall–Kier alpha value is -0.0831. The number of unbranched alkanes of at least 4 members (excludes halogenated alkanes) is 10. The van der Waals surface area contributed by atoms with E-state index in [9.17, 15) is 0 Å². The van der Waals surface area contributed by atoms with Crippen LogP contribution in [0, 0.1) is 0 Å². The summed E-state index contributed by atoms with van der Waals surface area (Å²) in [6.45, 7) is 16.4. The molecule has 0 amide bonds. The molecule has 0 aliphatic heterocycles. The van der Waals surface area contributed by atoms with Crippen LogP contribution >= 0.6 is 0 Å². The second kappa shape index (κ2) is 12.4. The van der Waals surface area contributed by atoms with Gasteiger partial charge in [-0.05, 0) is 37.4 Å². The van der Waals surface area contributed by atoms with Crippen molar-refractivity contribution in [3.8, 4) is 0 Å². The zero-order valence-electron chi connectivity index (χ0n) is 16.2. The first kappa shape index (κ1) is 21.9. The van der Waals surface area contributed by atoms with Gasteiger partial charge in [0.2, 0.25) is 0 Å². The summed E-state index contributed by atoms with van der Waals surface area (Å²) in [5, 5.41) is 0.346. The van der Waals surface area contributed by atoms with Crippen LogP contribution < -0.4 is 0 Å². The third kappa shape index (κ3) is 11.5. The van der Waals surface area contributed by atoms with Crippen LogP contribution in [0.4, 0.5) is 0 Å². The highest BCUT2D eigenvalue weighted by molar-refractivity contribution is 6.74. The molecule has 0 saturated heterocycles. The van der Waals surface area contributed by atoms with Crippen molar-refractivity contribution in [1.82, 2.24) is 0 Å². The highest BCUT2D eigenvalue weighted by Gasteiger charge is 2.36. The van der Waals surface area contributed by atoms with Gasteiger partial charge in [-0.2, -0.15) is 0 Å². The van der Waals surface area contributed by atoms with Gasteiger partial charge in [-0.15, -0.1) is 6.58 Å². The second-order valence-corrected chi connectivity index (χ2v) is 13.0. The molecule has 2 heteroatoms. The summed E-state index contributed by atoms with van der Waals surface area (Å²) in [5.74, 6) is 0. The summed E-state index contributed by atoms with van der Waals surface area (Å²) >= 11 is 0. The minimum absolute atomic E-state index is 0.346. The van der Waals surface area contributed by atoms with Crippen molar-refractivity contribution < 1.29 is 4.43 Å². The van der Waals surface area contributed by atoms with E-state index in [0.717, 1.165) is 6.61 Å². The van der Waals surface area contributed by atoms with Crippen LogP contribution in [-0.2, 0) is 4.43 Å². The standard InChI is InChI=1S/C20H42OSi/c1-7-8-9-10-11-12-13-14-15-16-17-18-19-21-22(5,6)20(2,3)4/h7H,1,8-19H2,2-6H3. The van der Waals surface area contributed by atoms with Crippen molar-refractivity contribution in [3.05, 3.63) is 12.7 Å². The van der Waals surface area contributed by atoms with E-state index >= 15 is 0 Å². The van der Waals surface area contributed by atoms with Crippen LogP contribution in [0.3, 0.4) is 0 Å². The summed E-state index contributed by atoms with van der Waals surface area (Å²) in [5.41, 5.74) is 0. The molecular weight excluding hydrogens is 284 g/mol. The molecule has 0 rings (SSSR count). The molecule has 0 unspecified atom stereocenters. The maximum atomic E-state index is 6.22. The lowest BCUT2D eigenvalue weighted by Gasteiger charge is -2.36. The summed E-state index contributed by atoms with van der Waals surface area (Å²) in [6.07, 6.45) is 17.0. The van der Waals surface area contributed by atoms with Gasteiger partial charge in [-0.25, -0.2) is 0 Å². The Labute approximate surface area is 142 Å². The van der Waals surface area contributed by atoms with Gasteiger partial charge in [0.05, 0.1) is 0 Å². The molecule has 22 heavy (non-hydrogen) atoms. The van der Waals surface area contributed by atoms with Crippen molar-refractivity contribution in [1.29, 1.82) is 0 Å². The summed E-state index contributed by atoms with van der Waals surface area (Å²) in [4.78, 5) is 0. The van der Waals surface area contributed by atoms with Gasteiger partial charge >= 0.3 is 0 Å². The van der Waals surface area contributed by atoms with E-state index in [-0.39, 0.29) is 0 Å². The lowest BCUT2D eigenvalue weighted by atomic mass is 10.1. The molecular formula is C20H42OSi. The molecule has 0 N–H and O–H groups in total. The molecule has 0 saturated carbocycles. The molecule has 1 nitrogen and oxygen atoms in total. The number of hydrogen-bond donors (Lipinski definition) is 0. The predicted molar refractivity (Wildman–Crippen MR) is 104 cm³/mol. The summed E-state index contributed by atoms with van der Waals surface area (Å²) in [6, 6.07) is 0. The Morgan fingerprint density at radius 3 is 1.59 bits per heavy atom. The van der Waals surface area contributed by atoms with E-state index in [0.29, 0.717) is 5.04 Å². The summed E-state index contributed by atoms with van der Waals surface area (Å²) in [7, 11) is -1.51. The Morgan fingerprint density at radius 1 is 0.773 bits per heavy atom. The number of allylic oxidation sites excluding steroid dienone is 1. The van der Waals surface area contributed by atoms with Crippen LogP contribution in [0.5, 0.6) is 0 Å². The molecule has 0 spiro atoms. The van der Waals surface area contributed by atoms with Gasteiger partial charge in [-0.1, -0.05) is 78.2 Å². The fourth-order valence-corrected chi connectivity index (χ4v) is 3.44. The van der Waals surface area contributed by atoms with Gasteiger partial charge in [0, 0.05) is 6.61 Å². The molecule has 0 atom stereocenters. The molecule has 0 aromatic heterocycles. The zero-order chi connectivity index (χ0) is 16.9. The average molecular weight is 327 g/mol. The van der Waals surface area contributed by atoms with E-state index in [4.69, 9.17) is 4.43 Å². The molecule has 0 fully saturated rings. The lowest BCUT2D eigenvalue weighted by molar-refractivity contribution is 0.277. The minimum Gasteiger partial charge on any atom is -0.417 e. The highest BCUT2D eigenvalue weighted by atomic mass is 28.4. The fourth-order valence-electron chi connectivity index (χ4n) is 2.35. The molecule has 0 bridgehead atoms. The molecule has 0 aromatic rings. The molecule has 132 valence electrons. The first-order chi connectivity index (χ1) is 10.3. The monoisotopic (exact) mass is 326 g/mol. The van der Waals surface area contributed by atoms with Gasteiger partial charge in [0.1, 0.15) is 0 Å². The highest BCUT2D eigenvalue weighted by Crippen LogP contribution is 2.36. The van der Waals surface area contributed by atoms with Crippen LogP contribution in [0.25, 0.3) is 0 Å². The number of rotatable bonds is 14. The SMILES string of the molecule is C=CCCCCCCCCCCCCO[Si](C)(C)C(C)(C)C. The Kier molecular flexibility index (Phi) is 12.3. The first-order valence-corrected chi connectivity index (χ1v) is 12.5. The smallest absolute Gasteiger partial charge is 0.191 e. The third-order valence-electron chi connectivity index (χ3n) is 5.07. The van der Waals surface area contributed by atoms with Gasteiger partial charge < -0.3 is 4.43 Å². The topological polar surface area (TPSA) is 9.23 Å². The Morgan fingerprint density at radius 2 is 1.18 bits per heavy atom. The minimum atomic E-state index is -1.51. The molecule has 0 radical (unpaired) electrons. The van der Waals surface area contributed by atoms with E-state index < -0.39 is 8.32 Å². The Balaban J connectivity index is 3.29. The second-order valence-electron chi connectivity index (χ2n) is 8.22. The predicted octanol–water partition coefficient (Wildman–Crippen LogP) is 7.49. The summed E-state index contributed by atoms with van der Waals surface area (Å²) < 4.78 is 6.22. The zero-order valence-corrected chi connectivity index (χ0v) is 17.2. The van der Waals surface area contributed by atoms with Crippen molar-refractivity contribution in [3.63, 3.8) is 0 Å². The van der Waals surface area contributed by atoms with Crippen molar-refractivity contribution in [2.45, 2.75) is 110 Å². The molecule has 0 aliphatic rings. The number of hydrogen-bond acceptors (Lipinski definition) is 1. The van der Waals surface area contributed by atoms with Crippen molar-refractivity contribution >= 4 is 8.32 Å². The van der Waals surface area contributed by atoms with Crippen molar-refractivity contribution in [2.75, 3.05) is 6.61 Å². The van der Waals surface area contributed by atoms with Gasteiger partial charge in [-0.3, -0.25) is 0 Å². The van der Waals surface area contributed by atoms with Crippen LogP contribution in [0.2, 0.25) is 18.1 Å². The van der Waals surface area contributed by atoms with E-state index in [2.05, 4.69) is 40.4 Å².